The first-order valence-electron chi connectivity index (χ1n) is 8.54. The molecule has 1 aliphatic heterocycles. The molecule has 4 nitrogen and oxygen atoms in total. The van der Waals surface area contributed by atoms with Gasteiger partial charge in [0.2, 0.25) is 5.91 Å². The average Bonchev–Trinajstić information content (AvgIpc) is 2.57. The summed E-state index contributed by atoms with van der Waals surface area (Å²) in [4.78, 5) is 16.9. The smallest absolute Gasteiger partial charge is 0.238 e. The van der Waals surface area contributed by atoms with Crippen molar-refractivity contribution in [2.75, 3.05) is 38.0 Å². The van der Waals surface area contributed by atoms with Gasteiger partial charge in [-0.15, -0.1) is 0 Å². The summed E-state index contributed by atoms with van der Waals surface area (Å²) in [5.74, 6) is 0.0668. The van der Waals surface area contributed by atoms with E-state index >= 15 is 0 Å². The molecule has 0 atom stereocenters. The molecular weight excluding hydrogens is 298 g/mol. The molecule has 1 fully saturated rings. The van der Waals surface area contributed by atoms with Crippen LogP contribution in [0.4, 0.5) is 5.69 Å². The van der Waals surface area contributed by atoms with Gasteiger partial charge in [0.25, 0.3) is 0 Å². The van der Waals surface area contributed by atoms with Crippen LogP contribution in [0.5, 0.6) is 0 Å². The summed E-state index contributed by atoms with van der Waals surface area (Å²) >= 11 is 0. The van der Waals surface area contributed by atoms with Crippen molar-refractivity contribution < 1.29 is 4.79 Å². The van der Waals surface area contributed by atoms with E-state index in [0.717, 1.165) is 44.0 Å². The Kier molecular flexibility index (Phi) is 5.62. The average molecular weight is 323 g/mol. The first kappa shape index (κ1) is 16.7. The fourth-order valence-electron chi connectivity index (χ4n) is 3.07. The highest BCUT2D eigenvalue weighted by atomic mass is 16.2. The van der Waals surface area contributed by atoms with Gasteiger partial charge in [-0.2, -0.15) is 0 Å². The van der Waals surface area contributed by atoms with Crippen LogP contribution in [0.1, 0.15) is 11.1 Å². The van der Waals surface area contributed by atoms with Gasteiger partial charge in [0, 0.05) is 38.4 Å². The lowest BCUT2D eigenvalue weighted by molar-refractivity contribution is -0.117. The van der Waals surface area contributed by atoms with Gasteiger partial charge >= 0.3 is 0 Å². The van der Waals surface area contributed by atoms with Crippen LogP contribution in [0.15, 0.2) is 54.6 Å². The molecule has 0 radical (unpaired) electrons. The summed E-state index contributed by atoms with van der Waals surface area (Å²) in [6.45, 7) is 7.38. The molecule has 24 heavy (non-hydrogen) atoms. The maximum absolute atomic E-state index is 12.2. The number of carbonyl (C=O) groups excluding carboxylic acids is 1. The minimum atomic E-state index is 0.0668. The Morgan fingerprint density at radius 1 is 0.958 bits per heavy atom. The zero-order valence-electron chi connectivity index (χ0n) is 14.2. The molecular formula is C20H25N3O. The van der Waals surface area contributed by atoms with Gasteiger partial charge in [0.1, 0.15) is 0 Å². The van der Waals surface area contributed by atoms with Crippen molar-refractivity contribution >= 4 is 11.6 Å². The summed E-state index contributed by atoms with van der Waals surface area (Å²) in [6.07, 6.45) is 0. The van der Waals surface area contributed by atoms with E-state index in [1.807, 2.05) is 37.3 Å². The Labute approximate surface area is 144 Å². The van der Waals surface area contributed by atoms with Crippen molar-refractivity contribution in [2.24, 2.45) is 0 Å². The van der Waals surface area contributed by atoms with E-state index in [9.17, 15) is 4.79 Å². The Morgan fingerprint density at radius 2 is 1.67 bits per heavy atom. The van der Waals surface area contributed by atoms with Crippen molar-refractivity contribution in [1.82, 2.24) is 9.80 Å². The van der Waals surface area contributed by atoms with Crippen molar-refractivity contribution in [3.05, 3.63) is 65.7 Å². The van der Waals surface area contributed by atoms with Crippen molar-refractivity contribution in [2.45, 2.75) is 13.5 Å². The largest absolute Gasteiger partial charge is 0.325 e. The number of rotatable bonds is 5. The fraction of sp³-hybridized carbons (Fsp3) is 0.350. The SMILES string of the molecule is Cc1cccc(NC(=O)CN2CCN(Cc3ccccc3)CC2)c1. The van der Waals surface area contributed by atoms with E-state index in [4.69, 9.17) is 0 Å². The highest BCUT2D eigenvalue weighted by Gasteiger charge is 2.19. The van der Waals surface area contributed by atoms with E-state index in [1.165, 1.54) is 5.56 Å². The molecule has 2 aromatic rings. The fourth-order valence-corrected chi connectivity index (χ4v) is 3.07. The third kappa shape index (κ3) is 4.91. The van der Waals surface area contributed by atoms with Crippen LogP contribution in [0.3, 0.4) is 0 Å². The number of hydrogen-bond donors (Lipinski definition) is 1. The molecule has 1 amide bonds. The minimum absolute atomic E-state index is 0.0668. The van der Waals surface area contributed by atoms with Gasteiger partial charge in [-0.3, -0.25) is 14.6 Å². The van der Waals surface area contributed by atoms with E-state index in [1.54, 1.807) is 0 Å². The summed E-state index contributed by atoms with van der Waals surface area (Å²) < 4.78 is 0. The number of benzene rings is 2. The van der Waals surface area contributed by atoms with Gasteiger partial charge in [-0.25, -0.2) is 0 Å². The molecule has 1 N–H and O–H groups in total. The molecule has 0 aliphatic carbocycles. The first-order valence-corrected chi connectivity index (χ1v) is 8.54. The van der Waals surface area contributed by atoms with E-state index < -0.39 is 0 Å². The predicted octanol–water partition coefficient (Wildman–Crippen LogP) is 2.75. The number of amides is 1. The van der Waals surface area contributed by atoms with Gasteiger partial charge in [-0.1, -0.05) is 42.5 Å². The Bertz CT molecular complexity index is 664. The lowest BCUT2D eigenvalue weighted by Crippen LogP contribution is -2.48. The van der Waals surface area contributed by atoms with E-state index in [0.29, 0.717) is 6.54 Å². The monoisotopic (exact) mass is 323 g/mol. The van der Waals surface area contributed by atoms with Gasteiger partial charge in [-0.05, 0) is 30.2 Å². The number of piperazine rings is 1. The van der Waals surface area contributed by atoms with Crippen molar-refractivity contribution in [1.29, 1.82) is 0 Å². The van der Waals surface area contributed by atoms with Crippen molar-refractivity contribution in [3.8, 4) is 0 Å². The van der Waals surface area contributed by atoms with E-state index in [2.05, 4.69) is 39.4 Å². The number of hydrogen-bond acceptors (Lipinski definition) is 3. The predicted molar refractivity (Wildman–Crippen MR) is 98.0 cm³/mol. The Balaban J connectivity index is 1.42. The third-order valence-corrected chi connectivity index (χ3v) is 4.38. The Morgan fingerprint density at radius 3 is 2.38 bits per heavy atom. The van der Waals surface area contributed by atoms with Gasteiger partial charge in [0.05, 0.1) is 6.54 Å². The number of aryl methyl sites for hydroxylation is 1. The maximum Gasteiger partial charge on any atom is 0.238 e. The molecule has 1 aliphatic rings. The Hall–Kier alpha value is -2.17. The molecule has 0 spiro atoms. The second-order valence-electron chi connectivity index (χ2n) is 6.46. The van der Waals surface area contributed by atoms with Gasteiger partial charge < -0.3 is 5.32 Å². The van der Waals surface area contributed by atoms with Gasteiger partial charge in [0.15, 0.2) is 0 Å². The third-order valence-electron chi connectivity index (χ3n) is 4.38. The highest BCUT2D eigenvalue weighted by molar-refractivity contribution is 5.92. The van der Waals surface area contributed by atoms with Crippen LogP contribution in [-0.4, -0.2) is 48.4 Å². The zero-order valence-corrected chi connectivity index (χ0v) is 14.2. The number of anilines is 1. The quantitative estimate of drug-likeness (QED) is 0.919. The van der Waals surface area contributed by atoms with Crippen LogP contribution < -0.4 is 5.32 Å². The number of nitrogens with one attached hydrogen (secondary N) is 1. The molecule has 3 rings (SSSR count). The van der Waals surface area contributed by atoms with Crippen LogP contribution in [0.2, 0.25) is 0 Å². The summed E-state index contributed by atoms with van der Waals surface area (Å²) in [5.41, 5.74) is 3.38. The topological polar surface area (TPSA) is 35.6 Å². The number of carbonyl (C=O) groups is 1. The first-order chi connectivity index (χ1) is 11.7. The normalized spacial score (nSPS) is 16.0. The van der Waals surface area contributed by atoms with E-state index in [-0.39, 0.29) is 5.91 Å². The molecule has 4 heteroatoms. The lowest BCUT2D eigenvalue weighted by Gasteiger charge is -2.34. The molecule has 1 heterocycles. The van der Waals surface area contributed by atoms with Crippen LogP contribution in [-0.2, 0) is 11.3 Å². The molecule has 126 valence electrons. The second-order valence-corrected chi connectivity index (χ2v) is 6.46. The highest BCUT2D eigenvalue weighted by Crippen LogP contribution is 2.11. The van der Waals surface area contributed by atoms with Crippen LogP contribution >= 0.6 is 0 Å². The number of nitrogens with zero attached hydrogens (tertiary/aromatic N) is 2. The zero-order chi connectivity index (χ0) is 16.8. The summed E-state index contributed by atoms with van der Waals surface area (Å²) in [7, 11) is 0. The molecule has 0 unspecified atom stereocenters. The standard InChI is InChI=1S/C20H25N3O/c1-17-6-5-9-19(14-17)21-20(24)16-23-12-10-22(11-13-23)15-18-7-3-2-4-8-18/h2-9,14H,10-13,15-16H2,1H3,(H,21,24). The molecule has 2 aromatic carbocycles. The molecule has 1 saturated heterocycles. The van der Waals surface area contributed by atoms with Crippen LogP contribution in [0, 0.1) is 6.92 Å². The molecule has 0 bridgehead atoms. The lowest BCUT2D eigenvalue weighted by atomic mass is 10.2. The summed E-state index contributed by atoms with van der Waals surface area (Å²) in [5, 5.41) is 2.99. The van der Waals surface area contributed by atoms with Crippen LogP contribution in [0.25, 0.3) is 0 Å². The summed E-state index contributed by atoms with van der Waals surface area (Å²) in [6, 6.07) is 18.5. The van der Waals surface area contributed by atoms with Crippen molar-refractivity contribution in [3.63, 3.8) is 0 Å². The minimum Gasteiger partial charge on any atom is -0.325 e. The maximum atomic E-state index is 12.2. The second kappa shape index (κ2) is 8.08. The molecule has 0 saturated carbocycles. The molecule has 0 aromatic heterocycles.